The second-order valence-corrected chi connectivity index (χ2v) is 8.19. The van der Waals surface area contributed by atoms with E-state index in [4.69, 9.17) is 4.74 Å². The van der Waals surface area contributed by atoms with E-state index in [9.17, 15) is 14.4 Å². The maximum Gasteiger partial charge on any atom is 0.410 e. The van der Waals surface area contributed by atoms with Gasteiger partial charge < -0.3 is 4.74 Å². The standard InChI is InChI=1S/C21H25NO4/c1-13-7-17-16(18(23)8-13)9-15-10-19(24)20(17)22(11-15)21(25)26-12-14-5-3-2-4-6-14/h2-6,13,15-17,20H,7-12H2,1H3. The molecule has 5 heteroatoms. The quantitative estimate of drug-likeness (QED) is 0.817. The molecule has 5 unspecified atom stereocenters. The molecule has 2 aliphatic carbocycles. The second-order valence-electron chi connectivity index (χ2n) is 8.19. The van der Waals surface area contributed by atoms with Gasteiger partial charge in [-0.25, -0.2) is 4.79 Å². The van der Waals surface area contributed by atoms with E-state index >= 15 is 0 Å². The van der Waals surface area contributed by atoms with Crippen LogP contribution >= 0.6 is 0 Å². The first-order chi connectivity index (χ1) is 12.5. The predicted molar refractivity (Wildman–Crippen MR) is 95.2 cm³/mol. The summed E-state index contributed by atoms with van der Waals surface area (Å²) < 4.78 is 5.51. The number of carbonyl (C=O) groups is 3. The van der Waals surface area contributed by atoms with Gasteiger partial charge in [0.15, 0.2) is 5.78 Å². The van der Waals surface area contributed by atoms with Crippen LogP contribution in [0.4, 0.5) is 4.79 Å². The van der Waals surface area contributed by atoms with Gasteiger partial charge >= 0.3 is 6.09 Å². The highest BCUT2D eigenvalue weighted by Crippen LogP contribution is 2.45. The molecular weight excluding hydrogens is 330 g/mol. The zero-order valence-electron chi connectivity index (χ0n) is 15.1. The molecular formula is C21H25NO4. The van der Waals surface area contributed by atoms with E-state index in [1.54, 1.807) is 4.90 Å². The Balaban J connectivity index is 1.54. The largest absolute Gasteiger partial charge is 0.445 e. The van der Waals surface area contributed by atoms with E-state index in [2.05, 4.69) is 6.92 Å². The van der Waals surface area contributed by atoms with Crippen molar-refractivity contribution >= 4 is 17.7 Å². The van der Waals surface area contributed by atoms with Crippen LogP contribution in [-0.4, -0.2) is 35.1 Å². The zero-order valence-corrected chi connectivity index (χ0v) is 15.1. The summed E-state index contributed by atoms with van der Waals surface area (Å²) in [6.45, 7) is 2.79. The Bertz CT molecular complexity index is 716. The molecule has 1 aromatic carbocycles. The van der Waals surface area contributed by atoms with E-state index in [1.165, 1.54) is 0 Å². The molecule has 0 N–H and O–H groups in total. The number of piperidine rings is 1. The number of benzene rings is 1. The topological polar surface area (TPSA) is 63.7 Å². The fourth-order valence-electron chi connectivity index (χ4n) is 5.11. The van der Waals surface area contributed by atoms with Gasteiger partial charge in [-0.1, -0.05) is 37.3 Å². The molecule has 5 rings (SSSR count). The van der Waals surface area contributed by atoms with Gasteiger partial charge in [0, 0.05) is 25.3 Å². The maximum atomic E-state index is 12.8. The highest BCUT2D eigenvalue weighted by Gasteiger charge is 2.52. The molecule has 5 nitrogen and oxygen atoms in total. The Morgan fingerprint density at radius 2 is 1.88 bits per heavy atom. The van der Waals surface area contributed by atoms with Gasteiger partial charge in [0.1, 0.15) is 12.4 Å². The molecule has 2 bridgehead atoms. The van der Waals surface area contributed by atoms with Crippen LogP contribution in [0.15, 0.2) is 30.3 Å². The van der Waals surface area contributed by atoms with Crippen molar-refractivity contribution in [1.82, 2.24) is 4.90 Å². The molecule has 2 heterocycles. The molecule has 2 saturated carbocycles. The highest BCUT2D eigenvalue weighted by molar-refractivity contribution is 5.92. The Morgan fingerprint density at radius 1 is 1.12 bits per heavy atom. The first kappa shape index (κ1) is 17.3. The van der Waals surface area contributed by atoms with Gasteiger partial charge in [-0.3, -0.25) is 14.5 Å². The molecule has 1 amide bonds. The van der Waals surface area contributed by atoms with Gasteiger partial charge in [-0.2, -0.15) is 0 Å². The summed E-state index contributed by atoms with van der Waals surface area (Å²) in [5.74, 6) is 0.617. The number of ether oxygens (including phenoxy) is 1. The summed E-state index contributed by atoms with van der Waals surface area (Å²) in [5, 5.41) is 0. The van der Waals surface area contributed by atoms with Crippen LogP contribution in [0.3, 0.4) is 0 Å². The minimum absolute atomic E-state index is 0.0458. The lowest BCUT2D eigenvalue weighted by Crippen LogP contribution is -2.55. The Labute approximate surface area is 153 Å². The molecule has 26 heavy (non-hydrogen) atoms. The first-order valence-electron chi connectivity index (χ1n) is 9.55. The fourth-order valence-corrected chi connectivity index (χ4v) is 5.11. The molecule has 138 valence electrons. The van der Waals surface area contributed by atoms with Crippen molar-refractivity contribution in [2.45, 2.75) is 45.3 Å². The normalized spacial score (nSPS) is 33.6. The van der Waals surface area contributed by atoms with Crippen LogP contribution in [0.1, 0.15) is 38.2 Å². The summed E-state index contributed by atoms with van der Waals surface area (Å²) in [6.07, 6.45) is 2.24. The van der Waals surface area contributed by atoms with Crippen molar-refractivity contribution in [3.05, 3.63) is 35.9 Å². The molecule has 0 radical (unpaired) electrons. The number of hydrogen-bond acceptors (Lipinski definition) is 4. The van der Waals surface area contributed by atoms with E-state index in [0.29, 0.717) is 19.4 Å². The van der Waals surface area contributed by atoms with Gasteiger partial charge in [0.05, 0.1) is 6.04 Å². The summed E-state index contributed by atoms with van der Waals surface area (Å²) in [7, 11) is 0. The Hall–Kier alpha value is -2.17. The van der Waals surface area contributed by atoms with E-state index in [-0.39, 0.29) is 41.8 Å². The summed E-state index contributed by atoms with van der Waals surface area (Å²) in [5.41, 5.74) is 0.923. The molecule has 1 aromatic rings. The maximum absolute atomic E-state index is 12.8. The number of carbonyl (C=O) groups excluding carboxylic acids is 3. The van der Waals surface area contributed by atoms with E-state index < -0.39 is 12.1 Å². The SMILES string of the molecule is CC1CC(=O)C2CC3CC(=O)C(C2C1)N(C(=O)OCc1ccccc1)C3. The number of Topliss-reactive ketones (excluding diaryl/α,β-unsaturated/α-hetero) is 2. The number of amides is 1. The average Bonchev–Trinajstić information content (AvgIpc) is 2.86. The molecule has 0 spiro atoms. The number of rotatable bonds is 2. The van der Waals surface area contributed by atoms with E-state index in [0.717, 1.165) is 18.4 Å². The van der Waals surface area contributed by atoms with Crippen molar-refractivity contribution in [1.29, 1.82) is 0 Å². The molecule has 2 saturated heterocycles. The van der Waals surface area contributed by atoms with Crippen LogP contribution in [0.2, 0.25) is 0 Å². The Kier molecular flexibility index (Phi) is 4.55. The Morgan fingerprint density at radius 3 is 2.65 bits per heavy atom. The lowest BCUT2D eigenvalue weighted by Gasteiger charge is -2.40. The van der Waals surface area contributed by atoms with Crippen LogP contribution in [-0.2, 0) is 20.9 Å². The minimum atomic E-state index is -0.492. The average molecular weight is 355 g/mol. The zero-order chi connectivity index (χ0) is 18.3. The molecule has 5 atom stereocenters. The lowest BCUT2D eigenvalue weighted by molar-refractivity contribution is -0.133. The molecule has 4 fully saturated rings. The van der Waals surface area contributed by atoms with Gasteiger partial charge in [-0.15, -0.1) is 0 Å². The highest BCUT2D eigenvalue weighted by atomic mass is 16.6. The third kappa shape index (κ3) is 3.15. The third-order valence-electron chi connectivity index (χ3n) is 6.20. The van der Waals surface area contributed by atoms with Crippen LogP contribution in [0, 0.1) is 23.7 Å². The lowest BCUT2D eigenvalue weighted by atomic mass is 9.70. The van der Waals surface area contributed by atoms with Crippen LogP contribution < -0.4 is 0 Å². The van der Waals surface area contributed by atoms with Crippen LogP contribution in [0.25, 0.3) is 0 Å². The van der Waals surface area contributed by atoms with Crippen LogP contribution in [0.5, 0.6) is 0 Å². The number of fused-ring (bicyclic) bond motifs is 2. The molecule has 2 aliphatic heterocycles. The summed E-state index contributed by atoms with van der Waals surface area (Å²) in [6, 6.07) is 9.04. The number of nitrogens with zero attached hydrogens (tertiary/aromatic N) is 1. The second kappa shape index (κ2) is 6.86. The molecule has 0 aromatic heterocycles. The smallest absolute Gasteiger partial charge is 0.410 e. The number of hydrogen-bond donors (Lipinski definition) is 0. The fraction of sp³-hybridized carbons (Fsp3) is 0.571. The van der Waals surface area contributed by atoms with Crippen molar-refractivity contribution in [2.24, 2.45) is 23.7 Å². The van der Waals surface area contributed by atoms with Crippen molar-refractivity contribution < 1.29 is 19.1 Å². The minimum Gasteiger partial charge on any atom is -0.445 e. The molecule has 4 aliphatic rings. The van der Waals surface area contributed by atoms with Crippen molar-refractivity contribution in [2.75, 3.05) is 6.54 Å². The van der Waals surface area contributed by atoms with Gasteiger partial charge in [0.25, 0.3) is 0 Å². The number of ketones is 2. The monoisotopic (exact) mass is 355 g/mol. The van der Waals surface area contributed by atoms with Gasteiger partial charge in [-0.05, 0) is 36.2 Å². The van der Waals surface area contributed by atoms with E-state index in [1.807, 2.05) is 30.3 Å². The van der Waals surface area contributed by atoms with Crippen molar-refractivity contribution in [3.63, 3.8) is 0 Å². The van der Waals surface area contributed by atoms with Crippen molar-refractivity contribution in [3.8, 4) is 0 Å². The summed E-state index contributed by atoms with van der Waals surface area (Å²) in [4.78, 5) is 39.7. The third-order valence-corrected chi connectivity index (χ3v) is 6.20. The summed E-state index contributed by atoms with van der Waals surface area (Å²) >= 11 is 0. The first-order valence-corrected chi connectivity index (χ1v) is 9.55. The predicted octanol–water partition coefficient (Wildman–Crippen LogP) is 3.22. The van der Waals surface area contributed by atoms with Gasteiger partial charge in [0.2, 0.25) is 0 Å².